The van der Waals surface area contributed by atoms with Crippen LogP contribution in [-0.2, 0) is 6.42 Å². The fraction of sp³-hybridized carbons (Fsp3) is 0.0476. The lowest BCUT2D eigenvalue weighted by Gasteiger charge is -2.14. The van der Waals surface area contributed by atoms with E-state index in [1.165, 1.54) is 4.90 Å². The van der Waals surface area contributed by atoms with E-state index in [1.54, 1.807) is 24.3 Å². The molecule has 0 bridgehead atoms. The number of hydrogen-bond acceptors (Lipinski definition) is 3. The van der Waals surface area contributed by atoms with Gasteiger partial charge in [0.1, 0.15) is 0 Å². The van der Waals surface area contributed by atoms with Gasteiger partial charge < -0.3 is 5.73 Å². The van der Waals surface area contributed by atoms with Gasteiger partial charge in [0.05, 0.1) is 16.8 Å². The maximum absolute atomic E-state index is 12.5. The van der Waals surface area contributed by atoms with Crippen LogP contribution in [0.4, 0.5) is 11.4 Å². The minimum atomic E-state index is -0.271. The Balaban J connectivity index is 1.58. The van der Waals surface area contributed by atoms with Gasteiger partial charge in [-0.3, -0.25) is 9.59 Å². The second-order valence-corrected chi connectivity index (χ2v) is 6.08. The SMILES string of the molecule is Nc1ccc(Cc2ccc(N3C(=O)c4ccccc4C3=O)cc2)cc1. The Hall–Kier alpha value is -3.40. The van der Waals surface area contributed by atoms with Crippen LogP contribution in [0.2, 0.25) is 0 Å². The van der Waals surface area contributed by atoms with Crippen molar-refractivity contribution in [3.8, 4) is 0 Å². The number of nitrogen functional groups attached to an aromatic ring is 1. The Labute approximate surface area is 145 Å². The highest BCUT2D eigenvalue weighted by Gasteiger charge is 2.36. The lowest BCUT2D eigenvalue weighted by atomic mass is 10.0. The van der Waals surface area contributed by atoms with Gasteiger partial charge in [-0.15, -0.1) is 0 Å². The summed E-state index contributed by atoms with van der Waals surface area (Å²) in [4.78, 5) is 26.3. The molecule has 2 amide bonds. The topological polar surface area (TPSA) is 63.4 Å². The number of carbonyl (C=O) groups excluding carboxylic acids is 2. The third-order valence-electron chi connectivity index (χ3n) is 4.38. The maximum Gasteiger partial charge on any atom is 0.266 e. The molecule has 3 aromatic carbocycles. The van der Waals surface area contributed by atoms with Gasteiger partial charge in [0.15, 0.2) is 0 Å². The third kappa shape index (κ3) is 2.68. The van der Waals surface area contributed by atoms with Gasteiger partial charge in [-0.25, -0.2) is 4.90 Å². The second-order valence-electron chi connectivity index (χ2n) is 6.08. The summed E-state index contributed by atoms with van der Waals surface area (Å²) in [6.45, 7) is 0. The first-order chi connectivity index (χ1) is 12.1. The summed E-state index contributed by atoms with van der Waals surface area (Å²) in [7, 11) is 0. The summed E-state index contributed by atoms with van der Waals surface area (Å²) in [5.41, 5.74) is 10.2. The van der Waals surface area contributed by atoms with Crippen molar-refractivity contribution >= 4 is 23.2 Å². The highest BCUT2D eigenvalue weighted by molar-refractivity contribution is 6.34. The first-order valence-electron chi connectivity index (χ1n) is 8.04. The average molecular weight is 328 g/mol. The number of fused-ring (bicyclic) bond motifs is 1. The number of benzene rings is 3. The predicted octanol–water partition coefficient (Wildman–Crippen LogP) is 3.66. The van der Waals surface area contributed by atoms with Crippen molar-refractivity contribution in [2.75, 3.05) is 10.6 Å². The molecule has 0 aliphatic carbocycles. The lowest BCUT2D eigenvalue weighted by Crippen LogP contribution is -2.29. The molecule has 4 heteroatoms. The van der Waals surface area contributed by atoms with Crippen molar-refractivity contribution in [3.63, 3.8) is 0 Å². The lowest BCUT2D eigenvalue weighted by molar-refractivity contribution is 0.0926. The van der Waals surface area contributed by atoms with Crippen molar-refractivity contribution in [1.82, 2.24) is 0 Å². The van der Waals surface area contributed by atoms with Crippen LogP contribution in [0.15, 0.2) is 72.8 Å². The Kier molecular flexibility index (Phi) is 3.58. The number of nitrogens with two attached hydrogens (primary N) is 1. The molecule has 3 aromatic rings. The van der Waals surface area contributed by atoms with Gasteiger partial charge >= 0.3 is 0 Å². The highest BCUT2D eigenvalue weighted by atomic mass is 16.2. The molecule has 4 nitrogen and oxygen atoms in total. The summed E-state index contributed by atoms with van der Waals surface area (Å²) in [5.74, 6) is -0.543. The molecule has 0 spiro atoms. The summed E-state index contributed by atoms with van der Waals surface area (Å²) >= 11 is 0. The highest BCUT2D eigenvalue weighted by Crippen LogP contribution is 2.28. The van der Waals surface area contributed by atoms with Crippen LogP contribution in [0.25, 0.3) is 0 Å². The molecule has 2 N–H and O–H groups in total. The summed E-state index contributed by atoms with van der Waals surface area (Å²) < 4.78 is 0. The molecule has 0 saturated carbocycles. The van der Waals surface area contributed by atoms with Gasteiger partial charge in [0.25, 0.3) is 11.8 Å². The van der Waals surface area contributed by atoms with Crippen molar-refractivity contribution < 1.29 is 9.59 Å². The van der Waals surface area contributed by atoms with E-state index in [4.69, 9.17) is 5.73 Å². The van der Waals surface area contributed by atoms with Gasteiger partial charge in [-0.2, -0.15) is 0 Å². The molecule has 0 saturated heterocycles. The summed E-state index contributed by atoms with van der Waals surface area (Å²) in [6, 6.07) is 22.2. The van der Waals surface area contributed by atoms with E-state index in [9.17, 15) is 9.59 Å². The van der Waals surface area contributed by atoms with E-state index in [-0.39, 0.29) is 11.8 Å². The van der Waals surface area contributed by atoms with Crippen molar-refractivity contribution in [1.29, 1.82) is 0 Å². The van der Waals surface area contributed by atoms with Gasteiger partial charge in [-0.1, -0.05) is 36.4 Å². The molecule has 122 valence electrons. The minimum Gasteiger partial charge on any atom is -0.399 e. The second kappa shape index (κ2) is 5.91. The van der Waals surface area contributed by atoms with E-state index in [0.717, 1.165) is 23.2 Å². The largest absolute Gasteiger partial charge is 0.399 e. The molecule has 0 unspecified atom stereocenters. The number of nitrogens with zero attached hydrogens (tertiary/aromatic N) is 1. The van der Waals surface area contributed by atoms with Gasteiger partial charge in [0, 0.05) is 5.69 Å². The van der Waals surface area contributed by atoms with Crippen molar-refractivity contribution in [2.45, 2.75) is 6.42 Å². The zero-order valence-electron chi connectivity index (χ0n) is 13.5. The van der Waals surface area contributed by atoms with Crippen LogP contribution in [0.3, 0.4) is 0 Å². The molecule has 1 aliphatic rings. The van der Waals surface area contributed by atoms with Crippen LogP contribution in [-0.4, -0.2) is 11.8 Å². The molecule has 0 radical (unpaired) electrons. The van der Waals surface area contributed by atoms with Crippen molar-refractivity contribution in [2.24, 2.45) is 0 Å². The van der Waals surface area contributed by atoms with Crippen molar-refractivity contribution in [3.05, 3.63) is 95.1 Å². The van der Waals surface area contributed by atoms with E-state index in [1.807, 2.05) is 48.5 Å². The minimum absolute atomic E-state index is 0.271. The molecule has 1 heterocycles. The standard InChI is InChI=1S/C21H16N2O2/c22-16-9-5-14(6-10-16)13-15-7-11-17(12-8-15)23-20(24)18-3-1-2-4-19(18)21(23)25/h1-12H,13,22H2. The fourth-order valence-electron chi connectivity index (χ4n) is 3.06. The molecule has 0 atom stereocenters. The number of anilines is 2. The molecule has 0 aromatic heterocycles. The fourth-order valence-corrected chi connectivity index (χ4v) is 3.06. The predicted molar refractivity (Wildman–Crippen MR) is 97.7 cm³/mol. The van der Waals surface area contributed by atoms with E-state index in [0.29, 0.717) is 16.8 Å². The van der Waals surface area contributed by atoms with E-state index in [2.05, 4.69) is 0 Å². The van der Waals surface area contributed by atoms with Crippen LogP contribution < -0.4 is 10.6 Å². The van der Waals surface area contributed by atoms with Gasteiger partial charge in [0.2, 0.25) is 0 Å². The average Bonchev–Trinajstić information content (AvgIpc) is 2.89. The molecular formula is C21H16N2O2. The van der Waals surface area contributed by atoms with Crippen LogP contribution >= 0.6 is 0 Å². The normalized spacial score (nSPS) is 13.2. The first kappa shape index (κ1) is 15.1. The molecular weight excluding hydrogens is 312 g/mol. The summed E-state index contributed by atoms with van der Waals surface area (Å²) in [5, 5.41) is 0. The maximum atomic E-state index is 12.5. The van der Waals surface area contributed by atoms with Crippen LogP contribution in [0.1, 0.15) is 31.8 Å². The zero-order chi connectivity index (χ0) is 17.4. The monoisotopic (exact) mass is 328 g/mol. The van der Waals surface area contributed by atoms with Gasteiger partial charge in [-0.05, 0) is 53.9 Å². The molecule has 4 rings (SSSR count). The number of rotatable bonds is 3. The molecule has 25 heavy (non-hydrogen) atoms. The van der Waals surface area contributed by atoms with E-state index >= 15 is 0 Å². The quantitative estimate of drug-likeness (QED) is 0.589. The number of carbonyl (C=O) groups is 2. The van der Waals surface area contributed by atoms with E-state index < -0.39 is 0 Å². The Morgan fingerprint density at radius 1 is 0.680 bits per heavy atom. The molecule has 0 fully saturated rings. The first-order valence-corrected chi connectivity index (χ1v) is 8.04. The van der Waals surface area contributed by atoms with Crippen LogP contribution in [0.5, 0.6) is 0 Å². The number of imide groups is 1. The Bertz CT molecular complexity index is 925. The van der Waals surface area contributed by atoms with Crippen LogP contribution in [0, 0.1) is 0 Å². The zero-order valence-corrected chi connectivity index (χ0v) is 13.5. The molecule has 1 aliphatic heterocycles. The smallest absolute Gasteiger partial charge is 0.266 e. The Morgan fingerprint density at radius 2 is 1.16 bits per heavy atom. The number of hydrogen-bond donors (Lipinski definition) is 1. The Morgan fingerprint density at radius 3 is 1.68 bits per heavy atom. The number of amides is 2. The summed E-state index contributed by atoms with van der Waals surface area (Å²) in [6.07, 6.45) is 0.767. The third-order valence-corrected chi connectivity index (χ3v) is 4.38.